The van der Waals surface area contributed by atoms with Crippen molar-refractivity contribution in [2.75, 3.05) is 34.3 Å². The number of ether oxygens (including phenoxy) is 1. The second-order valence-corrected chi connectivity index (χ2v) is 6.76. The van der Waals surface area contributed by atoms with Crippen LogP contribution in [0.25, 0.3) is 0 Å². The Morgan fingerprint density at radius 2 is 1.70 bits per heavy atom. The minimum absolute atomic E-state index is 0. The maximum absolute atomic E-state index is 12.8. The average molecular weight is 528 g/mol. The summed E-state index contributed by atoms with van der Waals surface area (Å²) in [5.41, 5.74) is 1.74. The van der Waals surface area contributed by atoms with Crippen molar-refractivity contribution in [3.63, 3.8) is 0 Å². The summed E-state index contributed by atoms with van der Waals surface area (Å²) >= 11 is 0. The van der Waals surface area contributed by atoms with Crippen molar-refractivity contribution < 1.29 is 13.9 Å². The first kappa shape index (κ1) is 25.7. The van der Waals surface area contributed by atoms with E-state index in [1.807, 2.05) is 24.3 Å². The SMILES string of the molecule is CN=C(NCCCCOc1ccc(F)cc1)NCc1ccc(C(=O)N(C)C)cc1.I. The van der Waals surface area contributed by atoms with Crippen LogP contribution in [-0.4, -0.2) is 51.1 Å². The normalized spacial score (nSPS) is 10.7. The van der Waals surface area contributed by atoms with Gasteiger partial charge in [-0.15, -0.1) is 24.0 Å². The van der Waals surface area contributed by atoms with Gasteiger partial charge in [-0.05, 0) is 54.8 Å². The first-order valence-corrected chi connectivity index (χ1v) is 9.63. The van der Waals surface area contributed by atoms with Crippen LogP contribution in [0.3, 0.4) is 0 Å². The number of aliphatic imine (C=N–C) groups is 1. The minimum Gasteiger partial charge on any atom is -0.494 e. The Bertz CT molecular complexity index is 796. The maximum Gasteiger partial charge on any atom is 0.253 e. The number of halogens is 2. The number of unbranched alkanes of at least 4 members (excludes halogenated alkanes) is 1. The van der Waals surface area contributed by atoms with Gasteiger partial charge >= 0.3 is 0 Å². The van der Waals surface area contributed by atoms with Crippen molar-refractivity contribution in [3.05, 3.63) is 65.5 Å². The molecule has 2 aromatic rings. The molecule has 0 saturated heterocycles. The highest BCUT2D eigenvalue weighted by Crippen LogP contribution is 2.11. The van der Waals surface area contributed by atoms with E-state index in [1.165, 1.54) is 12.1 Å². The molecule has 1 amide bonds. The number of benzene rings is 2. The zero-order chi connectivity index (χ0) is 21.1. The molecule has 0 aliphatic carbocycles. The summed E-state index contributed by atoms with van der Waals surface area (Å²) in [6.45, 7) is 1.96. The van der Waals surface area contributed by atoms with Gasteiger partial charge in [0.2, 0.25) is 0 Å². The van der Waals surface area contributed by atoms with E-state index in [0.717, 1.165) is 30.9 Å². The minimum atomic E-state index is -0.265. The first-order chi connectivity index (χ1) is 14.0. The van der Waals surface area contributed by atoms with Crippen LogP contribution in [-0.2, 0) is 6.54 Å². The molecule has 2 N–H and O–H groups in total. The van der Waals surface area contributed by atoms with Crippen LogP contribution in [0.5, 0.6) is 5.75 Å². The van der Waals surface area contributed by atoms with E-state index in [0.29, 0.717) is 24.5 Å². The van der Waals surface area contributed by atoms with Crippen molar-refractivity contribution in [1.29, 1.82) is 0 Å². The number of hydrogen-bond donors (Lipinski definition) is 2. The van der Waals surface area contributed by atoms with Gasteiger partial charge in [-0.25, -0.2) is 4.39 Å². The van der Waals surface area contributed by atoms with Crippen molar-refractivity contribution in [2.24, 2.45) is 4.99 Å². The molecule has 30 heavy (non-hydrogen) atoms. The molecule has 0 aromatic heterocycles. The fourth-order valence-corrected chi connectivity index (χ4v) is 2.58. The van der Waals surface area contributed by atoms with Crippen molar-refractivity contribution in [2.45, 2.75) is 19.4 Å². The molecular formula is C22H30FIN4O2. The van der Waals surface area contributed by atoms with Crippen LogP contribution in [0.1, 0.15) is 28.8 Å². The number of amides is 1. The van der Waals surface area contributed by atoms with Crippen molar-refractivity contribution in [1.82, 2.24) is 15.5 Å². The summed E-state index contributed by atoms with van der Waals surface area (Å²) in [6.07, 6.45) is 1.80. The maximum atomic E-state index is 12.8. The van der Waals surface area contributed by atoms with Gasteiger partial charge in [-0.2, -0.15) is 0 Å². The smallest absolute Gasteiger partial charge is 0.253 e. The summed E-state index contributed by atoms with van der Waals surface area (Å²) in [4.78, 5) is 17.7. The highest BCUT2D eigenvalue weighted by molar-refractivity contribution is 14.0. The molecule has 0 heterocycles. The van der Waals surface area contributed by atoms with Gasteiger partial charge in [-0.3, -0.25) is 9.79 Å². The van der Waals surface area contributed by atoms with Gasteiger partial charge in [-0.1, -0.05) is 12.1 Å². The van der Waals surface area contributed by atoms with E-state index >= 15 is 0 Å². The monoisotopic (exact) mass is 528 g/mol. The van der Waals surface area contributed by atoms with Crippen LogP contribution in [0.15, 0.2) is 53.5 Å². The van der Waals surface area contributed by atoms with E-state index < -0.39 is 0 Å². The molecule has 0 fully saturated rings. The molecule has 2 rings (SSSR count). The Hall–Kier alpha value is -2.36. The van der Waals surface area contributed by atoms with Crippen LogP contribution < -0.4 is 15.4 Å². The summed E-state index contributed by atoms with van der Waals surface area (Å²) in [5, 5.41) is 6.52. The second-order valence-electron chi connectivity index (χ2n) is 6.76. The molecule has 0 atom stereocenters. The lowest BCUT2D eigenvalue weighted by Gasteiger charge is -2.13. The third kappa shape index (κ3) is 8.98. The number of guanidine groups is 1. The summed E-state index contributed by atoms with van der Waals surface area (Å²) in [7, 11) is 5.20. The third-order valence-electron chi connectivity index (χ3n) is 4.24. The molecular weight excluding hydrogens is 498 g/mol. The van der Waals surface area contributed by atoms with Crippen LogP contribution in [0.2, 0.25) is 0 Å². The average Bonchev–Trinajstić information content (AvgIpc) is 2.73. The molecule has 0 spiro atoms. The highest BCUT2D eigenvalue weighted by Gasteiger charge is 2.07. The molecule has 0 unspecified atom stereocenters. The summed E-state index contributed by atoms with van der Waals surface area (Å²) < 4.78 is 18.4. The Morgan fingerprint density at radius 3 is 2.30 bits per heavy atom. The fraction of sp³-hybridized carbons (Fsp3) is 0.364. The van der Waals surface area contributed by atoms with E-state index in [1.54, 1.807) is 38.2 Å². The van der Waals surface area contributed by atoms with Crippen LogP contribution in [0.4, 0.5) is 4.39 Å². The molecule has 0 aliphatic rings. The zero-order valence-electron chi connectivity index (χ0n) is 17.7. The van der Waals surface area contributed by atoms with Crippen molar-refractivity contribution >= 4 is 35.8 Å². The lowest BCUT2D eigenvalue weighted by Crippen LogP contribution is -2.37. The fourth-order valence-electron chi connectivity index (χ4n) is 2.58. The quantitative estimate of drug-likeness (QED) is 0.226. The molecule has 164 valence electrons. The molecule has 0 aliphatic heterocycles. The van der Waals surface area contributed by atoms with Gasteiger partial charge in [0.05, 0.1) is 6.61 Å². The van der Waals surface area contributed by atoms with Gasteiger partial charge in [0.15, 0.2) is 5.96 Å². The lowest BCUT2D eigenvalue weighted by molar-refractivity contribution is 0.0827. The molecule has 0 bridgehead atoms. The van der Waals surface area contributed by atoms with E-state index in [2.05, 4.69) is 15.6 Å². The Morgan fingerprint density at radius 1 is 1.03 bits per heavy atom. The van der Waals surface area contributed by atoms with E-state index in [9.17, 15) is 9.18 Å². The Kier molecular flexibility index (Phi) is 11.8. The summed E-state index contributed by atoms with van der Waals surface area (Å²) in [6, 6.07) is 13.6. The standard InChI is InChI=1S/C22H29FN4O2.HI/c1-24-22(25-14-4-5-15-29-20-12-10-19(23)11-13-20)26-16-17-6-8-18(9-7-17)21(28)27(2)3;/h6-13H,4-5,14-16H2,1-3H3,(H2,24,25,26);1H. The third-order valence-corrected chi connectivity index (χ3v) is 4.24. The van der Waals surface area contributed by atoms with Gasteiger partial charge in [0, 0.05) is 39.8 Å². The predicted molar refractivity (Wildman–Crippen MR) is 129 cm³/mol. The first-order valence-electron chi connectivity index (χ1n) is 9.63. The number of carbonyl (C=O) groups is 1. The lowest BCUT2D eigenvalue weighted by atomic mass is 10.1. The van der Waals surface area contributed by atoms with E-state index in [4.69, 9.17) is 4.74 Å². The largest absolute Gasteiger partial charge is 0.494 e. The summed E-state index contributed by atoms with van der Waals surface area (Å²) in [5.74, 6) is 1.12. The molecule has 2 aromatic carbocycles. The highest BCUT2D eigenvalue weighted by atomic mass is 127. The number of hydrogen-bond acceptors (Lipinski definition) is 3. The molecule has 6 nitrogen and oxygen atoms in total. The van der Waals surface area contributed by atoms with Crippen LogP contribution >= 0.6 is 24.0 Å². The van der Waals surface area contributed by atoms with Crippen LogP contribution in [0, 0.1) is 5.82 Å². The zero-order valence-corrected chi connectivity index (χ0v) is 20.0. The molecule has 8 heteroatoms. The number of nitrogens with zero attached hydrogens (tertiary/aromatic N) is 2. The van der Waals surface area contributed by atoms with Gasteiger partial charge in [0.25, 0.3) is 5.91 Å². The van der Waals surface area contributed by atoms with Gasteiger partial charge in [0.1, 0.15) is 11.6 Å². The predicted octanol–water partition coefficient (Wildman–Crippen LogP) is 3.67. The number of nitrogens with one attached hydrogen (secondary N) is 2. The molecule has 0 radical (unpaired) electrons. The Labute approximate surface area is 194 Å². The van der Waals surface area contributed by atoms with Gasteiger partial charge < -0.3 is 20.3 Å². The number of carbonyl (C=O) groups excluding carboxylic acids is 1. The molecule has 0 saturated carbocycles. The van der Waals surface area contributed by atoms with E-state index in [-0.39, 0.29) is 35.7 Å². The van der Waals surface area contributed by atoms with Crippen molar-refractivity contribution in [3.8, 4) is 5.75 Å². The second kappa shape index (κ2) is 13.8. The topological polar surface area (TPSA) is 66.0 Å². The number of rotatable bonds is 9. The Balaban J connectivity index is 0.00000450.